The number of anilines is 4. The molecule has 240 valence electrons. The molecule has 8 rings (SSSR count). The minimum absolute atomic E-state index is 0.108. The summed E-state index contributed by atoms with van der Waals surface area (Å²) >= 11 is 0. The lowest BCUT2D eigenvalue weighted by atomic mass is 9.79. The average molecular weight is 635 g/mol. The Labute approximate surface area is 291 Å². The first-order valence-electron chi connectivity index (χ1n) is 17.7. The zero-order chi connectivity index (χ0) is 33.2. The van der Waals surface area contributed by atoms with Crippen molar-refractivity contribution in [3.8, 4) is 11.8 Å². The predicted octanol–water partition coefficient (Wildman–Crippen LogP) is 11.9. The van der Waals surface area contributed by atoms with Crippen LogP contribution in [0.15, 0.2) is 169 Å². The molecule has 0 fully saturated rings. The summed E-state index contributed by atoms with van der Waals surface area (Å²) in [6, 6.07) is 37.5. The second kappa shape index (κ2) is 13.2. The second-order valence-electron chi connectivity index (χ2n) is 13.8. The molecular formula is C47H42N2. The number of fused-ring (bicyclic) bond motifs is 2. The summed E-state index contributed by atoms with van der Waals surface area (Å²) in [6.45, 7) is 4.75. The largest absolute Gasteiger partial charge is 0.335 e. The maximum absolute atomic E-state index is 3.58. The van der Waals surface area contributed by atoms with Crippen molar-refractivity contribution in [2.45, 2.75) is 57.4 Å². The molecule has 2 nitrogen and oxygen atoms in total. The highest BCUT2D eigenvalue weighted by Gasteiger charge is 2.38. The van der Waals surface area contributed by atoms with Gasteiger partial charge in [0.1, 0.15) is 0 Å². The van der Waals surface area contributed by atoms with Gasteiger partial charge in [-0.1, -0.05) is 105 Å². The van der Waals surface area contributed by atoms with Crippen molar-refractivity contribution in [1.29, 1.82) is 0 Å². The summed E-state index contributed by atoms with van der Waals surface area (Å²) in [4.78, 5) is 4.82. The topological polar surface area (TPSA) is 6.48 Å². The van der Waals surface area contributed by atoms with Crippen LogP contribution in [0.1, 0.15) is 62.6 Å². The van der Waals surface area contributed by atoms with Crippen LogP contribution in [0.4, 0.5) is 22.7 Å². The van der Waals surface area contributed by atoms with Gasteiger partial charge in [0, 0.05) is 45.0 Å². The van der Waals surface area contributed by atoms with Crippen LogP contribution in [0.25, 0.3) is 5.57 Å². The molecule has 0 spiro atoms. The fraction of sp³-hybridized carbons (Fsp3) is 0.191. The fourth-order valence-electron chi connectivity index (χ4n) is 7.79. The Morgan fingerprint density at radius 1 is 0.694 bits per heavy atom. The summed E-state index contributed by atoms with van der Waals surface area (Å²) in [5, 5.41) is 0. The van der Waals surface area contributed by atoms with Gasteiger partial charge in [0.25, 0.3) is 0 Å². The molecule has 0 aliphatic heterocycles. The second-order valence-corrected chi connectivity index (χ2v) is 13.8. The number of hydrogen-bond donors (Lipinski definition) is 0. The Morgan fingerprint density at radius 3 is 2.10 bits per heavy atom. The third kappa shape index (κ3) is 6.03. The molecule has 4 aliphatic carbocycles. The van der Waals surface area contributed by atoms with E-state index in [-0.39, 0.29) is 5.41 Å². The third-order valence-corrected chi connectivity index (χ3v) is 10.3. The van der Waals surface area contributed by atoms with E-state index in [2.05, 4.69) is 187 Å². The van der Waals surface area contributed by atoms with Crippen molar-refractivity contribution in [3.63, 3.8) is 0 Å². The summed E-state index contributed by atoms with van der Waals surface area (Å²) in [5.74, 6) is 7.08. The molecule has 4 aromatic rings. The van der Waals surface area contributed by atoms with E-state index in [1.54, 1.807) is 0 Å². The summed E-state index contributed by atoms with van der Waals surface area (Å²) < 4.78 is 0. The predicted molar refractivity (Wildman–Crippen MR) is 207 cm³/mol. The number of allylic oxidation sites excluding steroid dienone is 9. The van der Waals surface area contributed by atoms with Gasteiger partial charge < -0.3 is 9.80 Å². The van der Waals surface area contributed by atoms with Gasteiger partial charge in [-0.15, -0.1) is 0 Å². The lowest BCUT2D eigenvalue weighted by molar-refractivity contribution is 0.650. The van der Waals surface area contributed by atoms with E-state index in [0.29, 0.717) is 6.04 Å². The maximum atomic E-state index is 3.58. The number of benzene rings is 4. The minimum Gasteiger partial charge on any atom is -0.335 e. The Hall–Kier alpha value is -5.52. The van der Waals surface area contributed by atoms with Crippen LogP contribution in [0, 0.1) is 11.8 Å². The van der Waals surface area contributed by atoms with Crippen molar-refractivity contribution in [3.05, 3.63) is 185 Å². The zero-order valence-electron chi connectivity index (χ0n) is 28.4. The molecule has 1 unspecified atom stereocenters. The van der Waals surface area contributed by atoms with Crippen molar-refractivity contribution < 1.29 is 0 Å². The molecule has 0 saturated carbocycles. The van der Waals surface area contributed by atoms with E-state index in [1.165, 1.54) is 44.9 Å². The van der Waals surface area contributed by atoms with Crippen LogP contribution >= 0.6 is 0 Å². The van der Waals surface area contributed by atoms with Gasteiger partial charge in [-0.2, -0.15) is 0 Å². The van der Waals surface area contributed by atoms with E-state index in [1.807, 2.05) is 0 Å². The lowest BCUT2D eigenvalue weighted by Crippen LogP contribution is -2.33. The van der Waals surface area contributed by atoms with Crippen molar-refractivity contribution in [1.82, 2.24) is 0 Å². The Kier molecular flexibility index (Phi) is 8.28. The number of para-hydroxylation sites is 2. The van der Waals surface area contributed by atoms with Crippen LogP contribution in [-0.4, -0.2) is 6.04 Å². The number of rotatable bonds is 6. The van der Waals surface area contributed by atoms with E-state index in [0.717, 1.165) is 49.0 Å². The van der Waals surface area contributed by atoms with Crippen molar-refractivity contribution in [2.24, 2.45) is 0 Å². The van der Waals surface area contributed by atoms with Gasteiger partial charge in [-0.25, -0.2) is 0 Å². The number of hydrogen-bond acceptors (Lipinski definition) is 2. The molecule has 0 bridgehead atoms. The first-order valence-corrected chi connectivity index (χ1v) is 17.7. The van der Waals surface area contributed by atoms with Crippen molar-refractivity contribution in [2.75, 3.05) is 9.80 Å². The van der Waals surface area contributed by atoms with Crippen LogP contribution < -0.4 is 9.80 Å². The fourth-order valence-corrected chi connectivity index (χ4v) is 7.79. The summed E-state index contributed by atoms with van der Waals surface area (Å²) in [6.07, 6.45) is 23.4. The number of nitrogens with zero attached hydrogens (tertiary/aromatic N) is 2. The molecule has 1 atom stereocenters. The highest BCUT2D eigenvalue weighted by molar-refractivity contribution is 5.87. The summed E-state index contributed by atoms with van der Waals surface area (Å²) in [7, 11) is 0. The zero-order valence-corrected chi connectivity index (χ0v) is 28.4. The van der Waals surface area contributed by atoms with Gasteiger partial charge in [0.15, 0.2) is 0 Å². The maximum Gasteiger partial charge on any atom is 0.0559 e. The van der Waals surface area contributed by atoms with Crippen LogP contribution in [0.5, 0.6) is 0 Å². The summed E-state index contributed by atoms with van der Waals surface area (Å²) in [5.41, 5.74) is 13.8. The molecular weight excluding hydrogens is 593 g/mol. The highest BCUT2D eigenvalue weighted by Crippen LogP contribution is 2.52. The van der Waals surface area contributed by atoms with Crippen molar-refractivity contribution >= 4 is 28.3 Å². The Bertz CT molecular complexity index is 2070. The molecule has 0 radical (unpaired) electrons. The van der Waals surface area contributed by atoms with Gasteiger partial charge >= 0.3 is 0 Å². The van der Waals surface area contributed by atoms with Gasteiger partial charge in [-0.05, 0) is 127 Å². The SMILES string of the molecule is CC1(C)C2=C(CCC(C#Cc3ccc(N(C4=CCCC=C4)C4C=CC=CC4)cc3)=C2)c2ccc(N(c3ccccc3)c3ccccc3)cc21. The van der Waals surface area contributed by atoms with Gasteiger partial charge in [0.05, 0.1) is 6.04 Å². The molecule has 0 amide bonds. The molecule has 4 aliphatic rings. The van der Waals surface area contributed by atoms with Crippen LogP contribution in [-0.2, 0) is 5.41 Å². The monoisotopic (exact) mass is 634 g/mol. The highest BCUT2D eigenvalue weighted by atomic mass is 15.2. The lowest BCUT2D eigenvalue weighted by Gasteiger charge is -2.34. The molecule has 4 aromatic carbocycles. The third-order valence-electron chi connectivity index (χ3n) is 10.3. The quantitative estimate of drug-likeness (QED) is 0.195. The van der Waals surface area contributed by atoms with Gasteiger partial charge in [0.2, 0.25) is 0 Å². The van der Waals surface area contributed by atoms with Gasteiger partial charge in [-0.3, -0.25) is 0 Å². The minimum atomic E-state index is -0.108. The standard InChI is InChI=1S/C47H42N2/c1-47(2)45-33-36(24-23-35-25-28-41(29-26-35)48(37-15-7-3-8-16-37)38-17-9-4-10-18-38)27-31-43(45)44-32-30-42(34-46(44)47)49(39-19-11-5-12-20-39)40-21-13-6-14-22-40/h3,5-9,11-15,17-22,25-26,28-30,32-34,37H,4,10,16,27,31H2,1-2H3. The smallest absolute Gasteiger partial charge is 0.0559 e. The van der Waals surface area contributed by atoms with E-state index in [4.69, 9.17) is 0 Å². The molecule has 0 saturated heterocycles. The normalized spacial score (nSPS) is 18.5. The van der Waals surface area contributed by atoms with E-state index >= 15 is 0 Å². The molecule has 2 heteroatoms. The molecule has 0 aromatic heterocycles. The molecule has 0 N–H and O–H groups in total. The average Bonchev–Trinajstić information content (AvgIpc) is 3.38. The van der Waals surface area contributed by atoms with Crippen LogP contribution in [0.3, 0.4) is 0 Å². The Balaban J connectivity index is 1.06. The molecule has 0 heterocycles. The first kappa shape index (κ1) is 30.8. The molecule has 49 heavy (non-hydrogen) atoms. The Morgan fingerprint density at radius 2 is 1.43 bits per heavy atom. The van der Waals surface area contributed by atoms with E-state index < -0.39 is 0 Å². The van der Waals surface area contributed by atoms with E-state index in [9.17, 15) is 0 Å². The van der Waals surface area contributed by atoms with Crippen LogP contribution in [0.2, 0.25) is 0 Å². The first-order chi connectivity index (χ1) is 24.1.